The van der Waals surface area contributed by atoms with Crippen LogP contribution in [-0.2, 0) is 48.0 Å². The average molecular weight is 428 g/mol. The van der Waals surface area contributed by atoms with Gasteiger partial charge in [-0.2, -0.15) is 0 Å². The summed E-state index contributed by atoms with van der Waals surface area (Å²) in [6.45, 7) is 0. The van der Waals surface area contributed by atoms with Crippen LogP contribution in [0.1, 0.15) is 38.5 Å². The molecule has 2 N–H and O–H groups in total. The molecule has 14 heteroatoms. The first-order chi connectivity index (χ1) is 14.0. The van der Waals surface area contributed by atoms with Crippen LogP contribution in [0.4, 0.5) is 0 Å². The van der Waals surface area contributed by atoms with Gasteiger partial charge in [-0.25, -0.2) is 9.59 Å². The molecule has 0 spiro atoms. The lowest BCUT2D eigenvalue weighted by Gasteiger charge is -2.17. The van der Waals surface area contributed by atoms with Gasteiger partial charge in [0.1, 0.15) is 25.0 Å². The van der Waals surface area contributed by atoms with Gasteiger partial charge in [0.15, 0.2) is 11.6 Å². The first-order valence-corrected chi connectivity index (χ1v) is 8.56. The highest BCUT2D eigenvalue weighted by Gasteiger charge is 2.37. The van der Waals surface area contributed by atoms with Crippen LogP contribution in [-0.4, -0.2) is 79.7 Å². The van der Waals surface area contributed by atoms with Crippen LogP contribution >= 0.6 is 0 Å². The molecular formula is C16H16N2O12. The molecule has 2 aliphatic heterocycles. The van der Waals surface area contributed by atoms with E-state index in [-0.39, 0.29) is 35.8 Å². The number of ketones is 2. The largest absolute Gasteiger partial charge is 0.382 e. The molecule has 2 rings (SSSR count). The number of aliphatic hydroxyl groups is 2. The number of Topliss-reactive ketones (excluding diaryl/α,β-unsaturated/α-hetero) is 2. The molecule has 0 aromatic carbocycles. The summed E-state index contributed by atoms with van der Waals surface area (Å²) in [6, 6.07) is 0. The number of aliphatic hydroxyl groups excluding tert-OH is 2. The molecule has 0 aromatic rings. The number of amides is 4. The van der Waals surface area contributed by atoms with E-state index in [4.69, 9.17) is 0 Å². The van der Waals surface area contributed by atoms with E-state index in [1.54, 1.807) is 0 Å². The molecule has 2 atom stereocenters. The van der Waals surface area contributed by atoms with Crippen LogP contribution in [0.5, 0.6) is 0 Å². The normalized spacial score (nSPS) is 18.5. The molecular weight excluding hydrogens is 412 g/mol. The van der Waals surface area contributed by atoms with E-state index in [0.29, 0.717) is 0 Å². The number of hydrogen-bond donors (Lipinski definition) is 2. The van der Waals surface area contributed by atoms with Gasteiger partial charge in [-0.1, -0.05) is 0 Å². The summed E-state index contributed by atoms with van der Waals surface area (Å²) in [5.74, 6) is -8.78. The van der Waals surface area contributed by atoms with Crippen molar-refractivity contribution in [3.05, 3.63) is 0 Å². The number of nitrogens with zero attached hydrogens (tertiary/aromatic N) is 2. The Bertz CT molecular complexity index is 734. The lowest BCUT2D eigenvalue weighted by atomic mass is 10.0. The van der Waals surface area contributed by atoms with Crippen molar-refractivity contribution in [2.45, 2.75) is 50.7 Å². The van der Waals surface area contributed by atoms with Crippen LogP contribution in [0.3, 0.4) is 0 Å². The maximum atomic E-state index is 11.8. The van der Waals surface area contributed by atoms with Crippen LogP contribution in [0, 0.1) is 0 Å². The monoisotopic (exact) mass is 428 g/mol. The number of hydrogen-bond acceptors (Lipinski definition) is 12. The minimum Gasteiger partial charge on any atom is -0.382 e. The molecule has 14 nitrogen and oxygen atoms in total. The van der Waals surface area contributed by atoms with Crippen LogP contribution in [0.15, 0.2) is 0 Å². The van der Waals surface area contributed by atoms with E-state index >= 15 is 0 Å². The third-order valence-electron chi connectivity index (χ3n) is 3.99. The summed E-state index contributed by atoms with van der Waals surface area (Å²) < 4.78 is 0. The number of rotatable bonds is 9. The minimum atomic E-state index is -2.43. The highest BCUT2D eigenvalue weighted by molar-refractivity contribution is 6.06. The van der Waals surface area contributed by atoms with Gasteiger partial charge < -0.3 is 19.9 Å². The summed E-state index contributed by atoms with van der Waals surface area (Å²) in [5, 5.41) is 19.7. The van der Waals surface area contributed by atoms with Gasteiger partial charge in [0.05, 0.1) is 0 Å². The predicted octanol–water partition coefficient (Wildman–Crippen LogP) is -3.16. The molecule has 2 unspecified atom stereocenters. The summed E-state index contributed by atoms with van der Waals surface area (Å²) in [4.78, 5) is 101. The lowest BCUT2D eigenvalue weighted by molar-refractivity contribution is -0.198. The fourth-order valence-corrected chi connectivity index (χ4v) is 2.43. The first-order valence-electron chi connectivity index (χ1n) is 8.56. The fraction of sp³-hybridized carbons (Fsp3) is 0.500. The Morgan fingerprint density at radius 2 is 0.933 bits per heavy atom. The number of imide groups is 2. The van der Waals surface area contributed by atoms with Crippen molar-refractivity contribution >= 4 is 47.1 Å². The van der Waals surface area contributed by atoms with Gasteiger partial charge in [0, 0.05) is 25.7 Å². The maximum Gasteiger partial charge on any atom is 0.340 e. The topological polar surface area (TPSA) is 202 Å². The molecule has 0 aromatic heterocycles. The Balaban J connectivity index is 1.83. The zero-order valence-corrected chi connectivity index (χ0v) is 15.3. The van der Waals surface area contributed by atoms with E-state index < -0.39 is 72.2 Å². The van der Waals surface area contributed by atoms with Crippen molar-refractivity contribution in [2.24, 2.45) is 0 Å². The Hall–Kier alpha value is -3.52. The Morgan fingerprint density at radius 1 is 0.667 bits per heavy atom. The molecule has 2 aliphatic rings. The third kappa shape index (κ3) is 5.30. The van der Waals surface area contributed by atoms with E-state index in [9.17, 15) is 48.6 Å². The maximum absolute atomic E-state index is 11.8. The predicted molar refractivity (Wildman–Crippen MR) is 85.6 cm³/mol. The molecule has 0 aliphatic carbocycles. The van der Waals surface area contributed by atoms with Crippen molar-refractivity contribution in [1.29, 1.82) is 0 Å². The zero-order valence-electron chi connectivity index (χ0n) is 15.3. The van der Waals surface area contributed by atoms with E-state index in [1.807, 2.05) is 0 Å². The summed E-state index contributed by atoms with van der Waals surface area (Å²) in [6.07, 6.45) is -7.97. The third-order valence-corrected chi connectivity index (χ3v) is 3.99. The Kier molecular flexibility index (Phi) is 7.07. The zero-order chi connectivity index (χ0) is 22.6. The fourth-order valence-electron chi connectivity index (χ4n) is 2.43. The Morgan fingerprint density at radius 3 is 1.20 bits per heavy atom. The summed E-state index contributed by atoms with van der Waals surface area (Å²) >= 11 is 0. The molecule has 0 saturated carbocycles. The summed E-state index contributed by atoms with van der Waals surface area (Å²) in [7, 11) is 0. The molecule has 0 bridgehead atoms. The quantitative estimate of drug-likeness (QED) is 0.276. The van der Waals surface area contributed by atoms with E-state index in [1.165, 1.54) is 0 Å². The molecule has 0 radical (unpaired) electrons. The van der Waals surface area contributed by atoms with Crippen molar-refractivity contribution in [2.75, 3.05) is 0 Å². The molecule has 2 saturated heterocycles. The van der Waals surface area contributed by atoms with Crippen LogP contribution in [0.2, 0.25) is 0 Å². The molecule has 162 valence electrons. The smallest absolute Gasteiger partial charge is 0.340 e. The second-order valence-corrected chi connectivity index (χ2v) is 6.27. The van der Waals surface area contributed by atoms with Gasteiger partial charge in [-0.05, 0) is 0 Å². The van der Waals surface area contributed by atoms with Gasteiger partial charge in [-0.3, -0.25) is 28.8 Å². The van der Waals surface area contributed by atoms with Crippen molar-refractivity contribution in [3.8, 4) is 0 Å². The highest BCUT2D eigenvalue weighted by atomic mass is 16.7. The highest BCUT2D eigenvalue weighted by Crippen LogP contribution is 2.14. The van der Waals surface area contributed by atoms with Gasteiger partial charge in [0.2, 0.25) is 0 Å². The van der Waals surface area contributed by atoms with Crippen molar-refractivity contribution in [3.63, 3.8) is 0 Å². The number of hydroxylamine groups is 4. The Labute approximate surface area is 167 Å². The molecule has 30 heavy (non-hydrogen) atoms. The number of carbonyl (C=O) groups excluding carboxylic acids is 8. The van der Waals surface area contributed by atoms with E-state index in [2.05, 4.69) is 9.68 Å². The van der Waals surface area contributed by atoms with E-state index in [0.717, 1.165) is 0 Å². The average Bonchev–Trinajstić information content (AvgIpc) is 3.16. The molecule has 2 fully saturated rings. The molecule has 4 amide bonds. The first kappa shape index (κ1) is 22.8. The van der Waals surface area contributed by atoms with Crippen molar-refractivity contribution < 1.29 is 58.2 Å². The SMILES string of the molecule is O=C(CC(=O)C(O)C(O)C(=O)CC(=O)ON1C(=O)CCC1=O)ON1C(=O)CCC1=O. The molecule has 2 heterocycles. The summed E-state index contributed by atoms with van der Waals surface area (Å²) in [5.41, 5.74) is 0. The van der Waals surface area contributed by atoms with Gasteiger partial charge in [0.25, 0.3) is 23.6 Å². The van der Waals surface area contributed by atoms with Gasteiger partial charge >= 0.3 is 11.9 Å². The van der Waals surface area contributed by atoms with Crippen LogP contribution in [0.25, 0.3) is 0 Å². The second-order valence-electron chi connectivity index (χ2n) is 6.27. The second kappa shape index (κ2) is 9.32. The minimum absolute atomic E-state index is 0.167. The number of carbonyl (C=O) groups is 8. The lowest BCUT2D eigenvalue weighted by Crippen LogP contribution is -2.42. The van der Waals surface area contributed by atoms with Crippen LogP contribution < -0.4 is 0 Å². The standard InChI is InChI=1S/C16H16N2O12/c19-7(5-13(25)29-17-9(21)1-2-10(17)22)15(27)16(28)8(20)6-14(26)30-18-11(23)3-4-12(18)24/h15-16,27-28H,1-6H2. The van der Waals surface area contributed by atoms with Crippen molar-refractivity contribution in [1.82, 2.24) is 10.1 Å². The van der Waals surface area contributed by atoms with Gasteiger partial charge in [-0.15, -0.1) is 10.1 Å².